The summed E-state index contributed by atoms with van der Waals surface area (Å²) < 4.78 is 4.54. The second-order valence-electron chi connectivity index (χ2n) is 5.50. The zero-order valence-electron chi connectivity index (χ0n) is 11.8. The molecular weight excluding hydrogens is 278 g/mol. The Balaban J connectivity index is 2.17. The van der Waals surface area contributed by atoms with Gasteiger partial charge in [-0.15, -0.1) is 0 Å². The summed E-state index contributed by atoms with van der Waals surface area (Å²) in [6.07, 6.45) is 0. The second kappa shape index (κ2) is 5.35. The Bertz CT molecular complexity index is 689. The van der Waals surface area contributed by atoms with E-state index in [1.54, 1.807) is 0 Å². The number of anilines is 1. The molecule has 0 radical (unpaired) electrons. The lowest BCUT2D eigenvalue weighted by atomic mass is 10.1. The molecule has 0 unspecified atom stereocenters. The summed E-state index contributed by atoms with van der Waals surface area (Å²) in [6.45, 7) is 5.63. The van der Waals surface area contributed by atoms with Gasteiger partial charge >= 0.3 is 5.69 Å². The maximum absolute atomic E-state index is 11.7. The quantitative estimate of drug-likeness (QED) is 0.646. The third-order valence-corrected chi connectivity index (χ3v) is 2.54. The number of nitro benzene ring substituents is 1. The molecule has 2 N–H and O–H groups in total. The van der Waals surface area contributed by atoms with Crippen molar-refractivity contribution in [3.63, 3.8) is 0 Å². The summed E-state index contributed by atoms with van der Waals surface area (Å²) in [4.78, 5) is 22.0. The minimum absolute atomic E-state index is 0.0110. The molecule has 0 aliphatic heterocycles. The van der Waals surface area contributed by atoms with E-state index in [4.69, 9.17) is 0 Å². The third kappa shape index (κ3) is 3.44. The Morgan fingerprint density at radius 3 is 2.62 bits per heavy atom. The van der Waals surface area contributed by atoms with Crippen molar-refractivity contribution in [2.45, 2.75) is 26.3 Å². The van der Waals surface area contributed by atoms with Crippen LogP contribution < -0.4 is 10.6 Å². The van der Waals surface area contributed by atoms with Crippen LogP contribution in [0.4, 0.5) is 11.4 Å². The van der Waals surface area contributed by atoms with Crippen LogP contribution in [-0.2, 0) is 4.79 Å². The third-order valence-electron chi connectivity index (χ3n) is 2.54. The van der Waals surface area contributed by atoms with Gasteiger partial charge < -0.3 is 10.6 Å². The van der Waals surface area contributed by atoms with Crippen molar-refractivity contribution in [2.24, 2.45) is 0 Å². The van der Waals surface area contributed by atoms with E-state index >= 15 is 0 Å². The molecule has 1 aromatic heterocycles. The van der Waals surface area contributed by atoms with E-state index in [2.05, 4.69) is 25.6 Å². The summed E-state index contributed by atoms with van der Waals surface area (Å²) in [6, 6.07) is 2.76. The maximum Gasteiger partial charge on any atom is 0.300 e. The van der Waals surface area contributed by atoms with Crippen LogP contribution in [0.3, 0.4) is 0 Å². The maximum atomic E-state index is 11.7. The van der Waals surface area contributed by atoms with Crippen LogP contribution in [0.5, 0.6) is 0 Å². The normalized spacial score (nSPS) is 11.4. The molecule has 0 saturated carbocycles. The average molecular weight is 293 g/mol. The molecule has 9 heteroatoms. The topological polar surface area (TPSA) is 123 Å². The van der Waals surface area contributed by atoms with E-state index in [1.165, 1.54) is 12.1 Å². The van der Waals surface area contributed by atoms with E-state index < -0.39 is 4.92 Å². The number of fused-ring (bicyclic) bond motifs is 1. The number of carbonyl (C=O) groups excluding carboxylic acids is 1. The van der Waals surface area contributed by atoms with E-state index in [0.717, 1.165) is 0 Å². The average Bonchev–Trinajstić information content (AvgIpc) is 2.82. The van der Waals surface area contributed by atoms with Crippen LogP contribution in [0, 0.1) is 10.1 Å². The molecule has 2 aromatic rings. The second-order valence-corrected chi connectivity index (χ2v) is 5.50. The van der Waals surface area contributed by atoms with Gasteiger partial charge in [0.05, 0.1) is 17.2 Å². The van der Waals surface area contributed by atoms with Crippen molar-refractivity contribution in [1.29, 1.82) is 0 Å². The van der Waals surface area contributed by atoms with Crippen LogP contribution >= 0.6 is 0 Å². The SMILES string of the molecule is CC(C)(C)NC(=O)CNc1ccc([N+](=O)[O-])c2nonc12. The lowest BCUT2D eigenvalue weighted by molar-refractivity contribution is -0.383. The number of non-ortho nitro benzene ring substituents is 1. The highest BCUT2D eigenvalue weighted by Crippen LogP contribution is 2.28. The summed E-state index contributed by atoms with van der Waals surface area (Å²) in [5.41, 5.74) is 0.171. The first-order valence-electron chi connectivity index (χ1n) is 6.22. The number of benzene rings is 1. The van der Waals surface area contributed by atoms with Gasteiger partial charge in [-0.05, 0) is 37.2 Å². The first-order chi connectivity index (χ1) is 9.78. The fraction of sp³-hybridized carbons (Fsp3) is 0.417. The Morgan fingerprint density at radius 1 is 1.33 bits per heavy atom. The Labute approximate surface area is 119 Å². The van der Waals surface area contributed by atoms with E-state index in [0.29, 0.717) is 5.69 Å². The number of nitro groups is 1. The van der Waals surface area contributed by atoms with E-state index in [1.807, 2.05) is 20.8 Å². The number of hydrogen-bond donors (Lipinski definition) is 2. The van der Waals surface area contributed by atoms with Gasteiger partial charge in [0.1, 0.15) is 0 Å². The Kier molecular flexibility index (Phi) is 3.74. The Hall–Kier alpha value is -2.71. The van der Waals surface area contributed by atoms with Crippen LogP contribution in [0.15, 0.2) is 16.8 Å². The van der Waals surface area contributed by atoms with Crippen molar-refractivity contribution >= 4 is 28.3 Å². The summed E-state index contributed by atoms with van der Waals surface area (Å²) in [7, 11) is 0. The monoisotopic (exact) mass is 293 g/mol. The predicted octanol–water partition coefficient (Wildman–Crippen LogP) is 1.46. The van der Waals surface area contributed by atoms with E-state index in [-0.39, 0.29) is 34.7 Å². The zero-order valence-corrected chi connectivity index (χ0v) is 11.8. The van der Waals surface area contributed by atoms with Crippen molar-refractivity contribution < 1.29 is 14.3 Å². The van der Waals surface area contributed by atoms with Crippen molar-refractivity contribution in [3.05, 3.63) is 22.2 Å². The molecule has 112 valence electrons. The number of aromatic nitrogens is 2. The highest BCUT2D eigenvalue weighted by atomic mass is 16.6. The van der Waals surface area contributed by atoms with Crippen molar-refractivity contribution in [1.82, 2.24) is 15.6 Å². The minimum atomic E-state index is -0.567. The van der Waals surface area contributed by atoms with E-state index in [9.17, 15) is 14.9 Å². The van der Waals surface area contributed by atoms with Gasteiger partial charge in [-0.3, -0.25) is 14.9 Å². The molecule has 0 aliphatic carbocycles. The van der Waals surface area contributed by atoms with Gasteiger partial charge in [0, 0.05) is 11.6 Å². The number of hydrogen-bond acceptors (Lipinski definition) is 7. The van der Waals surface area contributed by atoms with Gasteiger partial charge in [-0.1, -0.05) is 0 Å². The van der Waals surface area contributed by atoms with Gasteiger partial charge in [0.25, 0.3) is 0 Å². The number of carbonyl (C=O) groups is 1. The van der Waals surface area contributed by atoms with Gasteiger partial charge in [0.15, 0.2) is 5.52 Å². The number of rotatable bonds is 4. The summed E-state index contributed by atoms with van der Waals surface area (Å²) >= 11 is 0. The smallest absolute Gasteiger partial charge is 0.300 e. The zero-order chi connectivity index (χ0) is 15.6. The molecule has 1 heterocycles. The number of nitrogens with zero attached hydrogens (tertiary/aromatic N) is 3. The lowest BCUT2D eigenvalue weighted by Crippen LogP contribution is -2.43. The molecule has 0 spiro atoms. The first kappa shape index (κ1) is 14.7. The lowest BCUT2D eigenvalue weighted by Gasteiger charge is -2.20. The van der Waals surface area contributed by atoms with Crippen LogP contribution in [0.25, 0.3) is 11.0 Å². The first-order valence-corrected chi connectivity index (χ1v) is 6.22. The van der Waals surface area contributed by atoms with Gasteiger partial charge in [-0.25, -0.2) is 4.63 Å². The van der Waals surface area contributed by atoms with Crippen LogP contribution in [0.1, 0.15) is 20.8 Å². The molecule has 0 aliphatic rings. The molecule has 2 rings (SSSR count). The summed E-state index contributed by atoms with van der Waals surface area (Å²) in [5, 5.41) is 23.7. The molecule has 0 atom stereocenters. The fourth-order valence-electron chi connectivity index (χ4n) is 1.78. The molecule has 0 bridgehead atoms. The highest BCUT2D eigenvalue weighted by Gasteiger charge is 2.20. The Morgan fingerprint density at radius 2 is 2.00 bits per heavy atom. The van der Waals surface area contributed by atoms with Gasteiger partial charge in [-0.2, -0.15) is 0 Å². The highest BCUT2D eigenvalue weighted by molar-refractivity contribution is 5.94. The number of amides is 1. The fourth-order valence-corrected chi connectivity index (χ4v) is 1.78. The number of nitrogens with one attached hydrogen (secondary N) is 2. The molecular formula is C12H15N5O4. The molecule has 1 amide bonds. The van der Waals surface area contributed by atoms with Gasteiger partial charge in [0.2, 0.25) is 11.4 Å². The van der Waals surface area contributed by atoms with Crippen LogP contribution in [-0.4, -0.2) is 33.2 Å². The molecule has 21 heavy (non-hydrogen) atoms. The summed E-state index contributed by atoms with van der Waals surface area (Å²) in [5.74, 6) is -0.203. The standard InChI is InChI=1S/C12H15N5O4/c1-12(2,3)14-9(18)6-13-7-4-5-8(17(19)20)11-10(7)15-21-16-11/h4-5,13H,6H2,1-3H3,(H,14,18). The molecule has 9 nitrogen and oxygen atoms in total. The van der Waals surface area contributed by atoms with Crippen molar-refractivity contribution in [3.8, 4) is 0 Å². The largest absolute Gasteiger partial charge is 0.374 e. The molecule has 0 saturated heterocycles. The molecule has 1 aromatic carbocycles. The van der Waals surface area contributed by atoms with Crippen LogP contribution in [0.2, 0.25) is 0 Å². The predicted molar refractivity (Wildman–Crippen MR) is 74.8 cm³/mol. The van der Waals surface area contributed by atoms with Crippen molar-refractivity contribution in [2.75, 3.05) is 11.9 Å². The minimum Gasteiger partial charge on any atom is -0.374 e. The molecule has 0 fully saturated rings.